The minimum Gasteiger partial charge on any atom is -0.487 e. The topological polar surface area (TPSA) is 71.8 Å². The SMILES string of the molecule is CC(=O)N1CCn2c(C)cc3c(-c4ccc(C)cc4OC(C)(C)C)c(CC(=O)O)c(C)c1c32. The second-order valence-electron chi connectivity index (χ2n) is 9.98. The molecule has 1 N–H and O–H groups in total. The van der Waals surface area contributed by atoms with Crippen LogP contribution in [0.5, 0.6) is 5.75 Å². The molecular weight excluding hydrogens is 416 g/mol. The van der Waals surface area contributed by atoms with Gasteiger partial charge in [-0.05, 0) is 75.9 Å². The van der Waals surface area contributed by atoms with Crippen molar-refractivity contribution in [3.63, 3.8) is 0 Å². The summed E-state index contributed by atoms with van der Waals surface area (Å²) in [5.74, 6) is -0.211. The fourth-order valence-electron chi connectivity index (χ4n) is 4.97. The maximum Gasteiger partial charge on any atom is 0.307 e. The first kappa shape index (κ1) is 22.9. The van der Waals surface area contributed by atoms with Crippen LogP contribution in [0.4, 0.5) is 5.69 Å². The minimum atomic E-state index is -0.905. The average molecular weight is 449 g/mol. The number of carboxylic acid groups (broad SMARTS) is 1. The van der Waals surface area contributed by atoms with E-state index in [4.69, 9.17) is 4.74 Å². The monoisotopic (exact) mass is 448 g/mol. The second-order valence-corrected chi connectivity index (χ2v) is 9.98. The molecule has 2 aromatic carbocycles. The van der Waals surface area contributed by atoms with Crippen LogP contribution in [-0.4, -0.2) is 33.7 Å². The van der Waals surface area contributed by atoms with E-state index >= 15 is 0 Å². The van der Waals surface area contributed by atoms with Gasteiger partial charge in [-0.3, -0.25) is 9.59 Å². The average Bonchev–Trinajstić information content (AvgIpc) is 3.02. The first-order valence-electron chi connectivity index (χ1n) is 11.3. The Hall–Kier alpha value is -3.28. The number of aliphatic carboxylic acids is 1. The van der Waals surface area contributed by atoms with Gasteiger partial charge >= 0.3 is 5.97 Å². The van der Waals surface area contributed by atoms with Gasteiger partial charge in [0.2, 0.25) is 5.91 Å². The first-order chi connectivity index (χ1) is 15.4. The van der Waals surface area contributed by atoms with Gasteiger partial charge in [0.05, 0.1) is 17.6 Å². The molecule has 33 heavy (non-hydrogen) atoms. The van der Waals surface area contributed by atoms with E-state index in [1.807, 2.05) is 52.8 Å². The molecule has 0 fully saturated rings. The lowest BCUT2D eigenvalue weighted by molar-refractivity contribution is -0.136. The summed E-state index contributed by atoms with van der Waals surface area (Å²) in [5, 5.41) is 10.8. The van der Waals surface area contributed by atoms with E-state index in [0.29, 0.717) is 13.1 Å². The van der Waals surface area contributed by atoms with E-state index in [1.54, 1.807) is 11.8 Å². The Labute approximate surface area is 194 Å². The quantitative estimate of drug-likeness (QED) is 0.580. The van der Waals surface area contributed by atoms with E-state index in [9.17, 15) is 14.7 Å². The van der Waals surface area contributed by atoms with Gasteiger partial charge in [0, 0.05) is 36.7 Å². The van der Waals surface area contributed by atoms with Crippen molar-refractivity contribution in [3.05, 3.63) is 46.6 Å². The van der Waals surface area contributed by atoms with Crippen LogP contribution in [0.25, 0.3) is 22.0 Å². The lowest BCUT2D eigenvalue weighted by atomic mass is 9.87. The molecule has 0 spiro atoms. The van der Waals surface area contributed by atoms with Crippen LogP contribution in [-0.2, 0) is 22.6 Å². The molecule has 2 heterocycles. The Morgan fingerprint density at radius 3 is 2.39 bits per heavy atom. The molecule has 0 saturated carbocycles. The Morgan fingerprint density at radius 1 is 1.09 bits per heavy atom. The number of hydrogen-bond acceptors (Lipinski definition) is 3. The van der Waals surface area contributed by atoms with Gasteiger partial charge in [0.25, 0.3) is 0 Å². The van der Waals surface area contributed by atoms with Gasteiger partial charge in [0.15, 0.2) is 0 Å². The van der Waals surface area contributed by atoms with Crippen LogP contribution >= 0.6 is 0 Å². The number of aryl methyl sites for hydroxylation is 2. The first-order valence-corrected chi connectivity index (χ1v) is 11.3. The normalized spacial score (nSPS) is 13.5. The lowest BCUT2D eigenvalue weighted by Crippen LogP contribution is -2.36. The summed E-state index contributed by atoms with van der Waals surface area (Å²) in [6.45, 7) is 14.9. The van der Waals surface area contributed by atoms with Crippen molar-refractivity contribution in [2.75, 3.05) is 11.4 Å². The van der Waals surface area contributed by atoms with Crippen LogP contribution in [0.1, 0.15) is 50.1 Å². The Kier molecular flexibility index (Phi) is 5.51. The molecule has 174 valence electrons. The number of carboxylic acids is 1. The number of carbonyl (C=O) groups is 2. The Bertz CT molecular complexity index is 1290. The summed E-state index contributed by atoms with van der Waals surface area (Å²) in [6, 6.07) is 8.18. The number of anilines is 1. The van der Waals surface area contributed by atoms with E-state index in [2.05, 4.69) is 17.6 Å². The van der Waals surface area contributed by atoms with Crippen molar-refractivity contribution in [3.8, 4) is 16.9 Å². The van der Waals surface area contributed by atoms with Crippen molar-refractivity contribution < 1.29 is 19.4 Å². The highest BCUT2D eigenvalue weighted by Crippen LogP contribution is 2.47. The van der Waals surface area contributed by atoms with Crippen LogP contribution in [0.2, 0.25) is 0 Å². The molecule has 0 bridgehead atoms. The Balaban J connectivity index is 2.16. The van der Waals surface area contributed by atoms with E-state index in [-0.39, 0.29) is 12.3 Å². The maximum absolute atomic E-state index is 12.5. The molecule has 4 rings (SSSR count). The van der Waals surface area contributed by atoms with Crippen molar-refractivity contribution in [2.45, 2.75) is 67.0 Å². The highest BCUT2D eigenvalue weighted by atomic mass is 16.5. The van der Waals surface area contributed by atoms with Crippen LogP contribution in [0, 0.1) is 20.8 Å². The number of benzene rings is 2. The third-order valence-corrected chi connectivity index (χ3v) is 6.26. The van der Waals surface area contributed by atoms with Crippen molar-refractivity contribution >= 4 is 28.5 Å². The fourth-order valence-corrected chi connectivity index (χ4v) is 4.97. The number of nitrogens with zero attached hydrogens (tertiary/aromatic N) is 2. The molecule has 0 unspecified atom stereocenters. The summed E-state index contributed by atoms with van der Waals surface area (Å²) >= 11 is 0. The van der Waals surface area contributed by atoms with Gasteiger partial charge in [-0.15, -0.1) is 0 Å². The predicted molar refractivity (Wildman–Crippen MR) is 131 cm³/mol. The number of rotatable bonds is 4. The summed E-state index contributed by atoms with van der Waals surface area (Å²) in [4.78, 5) is 26.3. The number of aromatic nitrogens is 1. The molecule has 1 aliphatic rings. The minimum absolute atomic E-state index is 0.0365. The van der Waals surface area contributed by atoms with Gasteiger partial charge in [0.1, 0.15) is 11.4 Å². The zero-order chi connectivity index (χ0) is 24.2. The third kappa shape index (κ3) is 3.99. The fraction of sp³-hybridized carbons (Fsp3) is 0.407. The molecule has 0 radical (unpaired) electrons. The second kappa shape index (κ2) is 7.94. The summed E-state index contributed by atoms with van der Waals surface area (Å²) in [6.07, 6.45) is -0.136. The molecule has 6 heteroatoms. The smallest absolute Gasteiger partial charge is 0.307 e. The molecule has 0 aliphatic carbocycles. The highest BCUT2D eigenvalue weighted by Gasteiger charge is 2.31. The Morgan fingerprint density at radius 2 is 1.79 bits per heavy atom. The zero-order valence-electron chi connectivity index (χ0n) is 20.5. The van der Waals surface area contributed by atoms with Crippen LogP contribution in [0.3, 0.4) is 0 Å². The zero-order valence-corrected chi connectivity index (χ0v) is 20.5. The molecule has 1 amide bonds. The van der Waals surface area contributed by atoms with E-state index in [0.717, 1.165) is 55.9 Å². The highest BCUT2D eigenvalue weighted by molar-refractivity contribution is 6.11. The van der Waals surface area contributed by atoms with Crippen LogP contribution < -0.4 is 9.64 Å². The molecule has 1 aromatic heterocycles. The number of hydrogen-bond donors (Lipinski definition) is 1. The summed E-state index contributed by atoms with van der Waals surface area (Å²) in [5.41, 5.74) is 6.85. The summed E-state index contributed by atoms with van der Waals surface area (Å²) < 4.78 is 8.60. The van der Waals surface area contributed by atoms with Crippen molar-refractivity contribution in [1.82, 2.24) is 4.57 Å². The van der Waals surface area contributed by atoms with Crippen molar-refractivity contribution in [1.29, 1.82) is 0 Å². The summed E-state index contributed by atoms with van der Waals surface area (Å²) in [7, 11) is 0. The molecular formula is C27H32N2O4. The van der Waals surface area contributed by atoms with Gasteiger partial charge < -0.3 is 19.3 Å². The van der Waals surface area contributed by atoms with Crippen LogP contribution in [0.15, 0.2) is 24.3 Å². The van der Waals surface area contributed by atoms with E-state index in [1.165, 1.54) is 0 Å². The number of carbonyl (C=O) groups excluding carboxylic acids is 1. The lowest BCUT2D eigenvalue weighted by Gasteiger charge is -2.32. The molecule has 6 nitrogen and oxygen atoms in total. The molecule has 0 saturated heterocycles. The van der Waals surface area contributed by atoms with Gasteiger partial charge in [-0.2, -0.15) is 0 Å². The van der Waals surface area contributed by atoms with Gasteiger partial charge in [-0.1, -0.05) is 12.1 Å². The van der Waals surface area contributed by atoms with Crippen molar-refractivity contribution in [2.24, 2.45) is 0 Å². The third-order valence-electron chi connectivity index (χ3n) is 6.26. The standard InChI is InChI=1S/C27H32N2O4/c1-15-8-9-19(22(12-15)33-27(5,6)7)24-20(14-23(31)32)17(3)25-26-21(24)13-16(2)28(26)10-11-29(25)18(4)30/h8-9,12-13H,10-11,14H2,1-7H3,(H,31,32). The van der Waals surface area contributed by atoms with Gasteiger partial charge in [-0.25, -0.2) is 0 Å². The molecule has 3 aromatic rings. The number of ether oxygens (including phenoxy) is 1. The largest absolute Gasteiger partial charge is 0.487 e. The molecule has 1 aliphatic heterocycles. The maximum atomic E-state index is 12.5. The van der Waals surface area contributed by atoms with E-state index < -0.39 is 11.6 Å². The number of amides is 1. The molecule has 0 atom stereocenters. The predicted octanol–water partition coefficient (Wildman–Crippen LogP) is 5.40.